The van der Waals surface area contributed by atoms with Crippen LogP contribution in [0.25, 0.3) is 21.6 Å². The van der Waals surface area contributed by atoms with Crippen molar-refractivity contribution in [2.24, 2.45) is 0 Å². The summed E-state index contributed by atoms with van der Waals surface area (Å²) in [6, 6.07) is 4.95. The van der Waals surface area contributed by atoms with Crippen LogP contribution in [0.15, 0.2) is 17.0 Å². The fourth-order valence-corrected chi connectivity index (χ4v) is 7.01. The number of aryl methyl sites for hydroxylation is 1. The SMILES string of the molecule is COC[C@H]1CN(c2cc(S(=O)(=O)NC3(C#N)CC3)cc3c(-c4nnc(C(F)F)s4)nc(C)nc23)CC(C)(C)N1. The maximum absolute atomic E-state index is 13.5. The van der Waals surface area contributed by atoms with E-state index in [1.807, 2.05) is 24.8 Å². The minimum Gasteiger partial charge on any atom is -0.383 e. The number of hydrogen-bond acceptors (Lipinski definition) is 11. The Balaban J connectivity index is 1.73. The number of hydrogen-bond donors (Lipinski definition) is 2. The number of rotatable bonds is 8. The predicted octanol–water partition coefficient (Wildman–Crippen LogP) is 2.93. The summed E-state index contributed by atoms with van der Waals surface area (Å²) in [5.41, 5.74) is -0.275. The zero-order valence-electron chi connectivity index (χ0n) is 21.8. The van der Waals surface area contributed by atoms with E-state index in [-0.39, 0.29) is 27.2 Å². The van der Waals surface area contributed by atoms with Gasteiger partial charge in [0, 0.05) is 37.2 Å². The molecule has 2 aliphatic rings. The molecule has 11 nitrogen and oxygen atoms in total. The standard InChI is InChI=1S/C24H28F2N8O3S2/c1-13-28-18-16(19(29-13)21-31-32-22(38-21)20(25)26)7-15(39(35,36)33-24(11-27)5-6-24)8-17(18)34-9-14(10-37-4)30-23(2,3)12-34/h7-8,14,20,30,33H,5-6,9-10,12H2,1-4H3/t14-/m1/s1. The Morgan fingerprint density at radius 2 is 2.05 bits per heavy atom. The summed E-state index contributed by atoms with van der Waals surface area (Å²) >= 11 is 0.692. The molecule has 208 valence electrons. The molecule has 2 aromatic heterocycles. The molecule has 1 saturated carbocycles. The number of benzene rings is 1. The number of methoxy groups -OCH3 is 1. The largest absolute Gasteiger partial charge is 0.383 e. The Morgan fingerprint density at radius 3 is 2.67 bits per heavy atom. The van der Waals surface area contributed by atoms with Gasteiger partial charge in [-0.3, -0.25) is 0 Å². The highest BCUT2D eigenvalue weighted by molar-refractivity contribution is 7.89. The van der Waals surface area contributed by atoms with Crippen LogP contribution in [0.4, 0.5) is 14.5 Å². The van der Waals surface area contributed by atoms with Crippen LogP contribution in [-0.2, 0) is 14.8 Å². The van der Waals surface area contributed by atoms with Gasteiger partial charge in [-0.05, 0) is 45.7 Å². The molecule has 1 aliphatic heterocycles. The minimum absolute atomic E-state index is 0.0559. The molecule has 15 heteroatoms. The number of piperazine rings is 1. The van der Waals surface area contributed by atoms with Crippen LogP contribution in [0, 0.1) is 18.3 Å². The van der Waals surface area contributed by atoms with Gasteiger partial charge in [-0.1, -0.05) is 11.3 Å². The van der Waals surface area contributed by atoms with Crippen molar-refractivity contribution < 1.29 is 21.9 Å². The van der Waals surface area contributed by atoms with Gasteiger partial charge in [0.1, 0.15) is 17.1 Å². The third-order valence-electron chi connectivity index (χ3n) is 6.63. The highest BCUT2D eigenvalue weighted by Gasteiger charge is 2.47. The van der Waals surface area contributed by atoms with Crippen LogP contribution in [0.1, 0.15) is 43.9 Å². The van der Waals surface area contributed by atoms with Crippen molar-refractivity contribution in [1.82, 2.24) is 30.2 Å². The van der Waals surface area contributed by atoms with Gasteiger partial charge in [-0.15, -0.1) is 10.2 Å². The third-order valence-corrected chi connectivity index (χ3v) is 9.08. The van der Waals surface area contributed by atoms with Crippen LogP contribution >= 0.6 is 11.3 Å². The van der Waals surface area contributed by atoms with Crippen LogP contribution in [0.5, 0.6) is 0 Å². The number of anilines is 1. The summed E-state index contributed by atoms with van der Waals surface area (Å²) in [6.45, 7) is 7.20. The smallest absolute Gasteiger partial charge is 0.291 e. The molecular formula is C24H28F2N8O3S2. The van der Waals surface area contributed by atoms with E-state index in [0.29, 0.717) is 66.3 Å². The number of fused-ring (bicyclic) bond motifs is 1. The highest BCUT2D eigenvalue weighted by Crippen LogP contribution is 2.40. The Labute approximate surface area is 228 Å². The molecule has 2 N–H and O–H groups in total. The lowest BCUT2D eigenvalue weighted by atomic mass is 9.97. The number of halogens is 2. The lowest BCUT2D eigenvalue weighted by Gasteiger charge is -2.45. The van der Waals surface area contributed by atoms with Crippen molar-refractivity contribution in [2.75, 3.05) is 31.7 Å². The molecule has 0 unspecified atom stereocenters. The normalized spacial score (nSPS) is 20.4. The zero-order valence-corrected chi connectivity index (χ0v) is 23.5. The zero-order chi connectivity index (χ0) is 28.2. The lowest BCUT2D eigenvalue weighted by Crippen LogP contribution is -2.63. The van der Waals surface area contributed by atoms with E-state index in [2.05, 4.69) is 30.2 Å². The number of nitrogens with zero attached hydrogens (tertiary/aromatic N) is 6. The van der Waals surface area contributed by atoms with Crippen molar-refractivity contribution >= 4 is 38.0 Å². The van der Waals surface area contributed by atoms with Gasteiger partial charge < -0.3 is 15.0 Å². The van der Waals surface area contributed by atoms with Gasteiger partial charge in [0.05, 0.1) is 28.8 Å². The maximum Gasteiger partial charge on any atom is 0.291 e. The summed E-state index contributed by atoms with van der Waals surface area (Å²) in [4.78, 5) is 11.1. The molecular weight excluding hydrogens is 550 g/mol. The minimum atomic E-state index is -4.14. The number of aromatic nitrogens is 4. The van der Waals surface area contributed by atoms with E-state index in [4.69, 9.17) is 4.74 Å². The van der Waals surface area contributed by atoms with Crippen molar-refractivity contribution in [3.05, 3.63) is 23.0 Å². The number of nitriles is 1. The molecule has 3 aromatic rings. The molecule has 5 rings (SSSR count). The Hall–Kier alpha value is -2.90. The van der Waals surface area contributed by atoms with Gasteiger partial charge in [-0.2, -0.15) is 9.98 Å². The Morgan fingerprint density at radius 1 is 1.31 bits per heavy atom. The second-order valence-corrected chi connectivity index (χ2v) is 13.3. The average Bonchev–Trinajstić information content (AvgIpc) is 3.43. The lowest BCUT2D eigenvalue weighted by molar-refractivity contribution is 0.140. The van der Waals surface area contributed by atoms with Crippen molar-refractivity contribution in [2.45, 2.75) is 62.1 Å². The average molecular weight is 579 g/mol. The predicted molar refractivity (Wildman–Crippen MR) is 141 cm³/mol. The van der Waals surface area contributed by atoms with Crippen LogP contribution in [0.3, 0.4) is 0 Å². The van der Waals surface area contributed by atoms with E-state index in [1.165, 1.54) is 6.07 Å². The Kier molecular flexibility index (Phi) is 7.04. The summed E-state index contributed by atoms with van der Waals surface area (Å²) in [7, 11) is -2.52. The second-order valence-electron chi connectivity index (χ2n) is 10.6. The van der Waals surface area contributed by atoms with Crippen LogP contribution in [0.2, 0.25) is 0 Å². The first kappa shape index (κ1) is 27.7. The highest BCUT2D eigenvalue weighted by atomic mass is 32.2. The molecule has 1 saturated heterocycles. The molecule has 0 radical (unpaired) electrons. The summed E-state index contributed by atoms with van der Waals surface area (Å²) in [6.07, 6.45) is -1.96. The van der Waals surface area contributed by atoms with Crippen LogP contribution in [-0.4, -0.2) is 72.5 Å². The molecule has 1 aromatic carbocycles. The number of alkyl halides is 2. The summed E-state index contributed by atoms with van der Waals surface area (Å²) < 4.78 is 61.7. The van der Waals surface area contributed by atoms with Crippen LogP contribution < -0.4 is 14.9 Å². The summed E-state index contributed by atoms with van der Waals surface area (Å²) in [5, 5.41) is 20.6. The monoisotopic (exact) mass is 578 g/mol. The summed E-state index contributed by atoms with van der Waals surface area (Å²) in [5.74, 6) is 0.366. The van der Waals surface area contributed by atoms with Gasteiger partial charge in [0.15, 0.2) is 10.0 Å². The van der Waals surface area contributed by atoms with Crippen molar-refractivity contribution in [3.63, 3.8) is 0 Å². The maximum atomic E-state index is 13.5. The number of nitrogens with one attached hydrogen (secondary N) is 2. The molecule has 1 aliphatic carbocycles. The van der Waals surface area contributed by atoms with E-state index in [9.17, 15) is 22.5 Å². The molecule has 0 bridgehead atoms. The van der Waals surface area contributed by atoms with E-state index < -0.39 is 27.0 Å². The number of ether oxygens (including phenoxy) is 1. The number of sulfonamides is 1. The van der Waals surface area contributed by atoms with E-state index >= 15 is 0 Å². The van der Waals surface area contributed by atoms with E-state index in [1.54, 1.807) is 20.1 Å². The van der Waals surface area contributed by atoms with E-state index in [0.717, 1.165) is 0 Å². The van der Waals surface area contributed by atoms with Gasteiger partial charge >= 0.3 is 0 Å². The van der Waals surface area contributed by atoms with Gasteiger partial charge in [-0.25, -0.2) is 27.2 Å². The molecule has 39 heavy (non-hydrogen) atoms. The van der Waals surface area contributed by atoms with Crippen molar-refractivity contribution in [3.8, 4) is 16.8 Å². The van der Waals surface area contributed by atoms with Crippen molar-refractivity contribution in [1.29, 1.82) is 5.26 Å². The third kappa shape index (κ3) is 5.57. The topological polar surface area (TPSA) is 146 Å². The van der Waals surface area contributed by atoms with Gasteiger partial charge in [0.25, 0.3) is 6.43 Å². The molecule has 0 spiro atoms. The molecule has 1 atom stereocenters. The first-order chi connectivity index (χ1) is 18.4. The molecule has 2 fully saturated rings. The molecule has 3 heterocycles. The second kappa shape index (κ2) is 9.93. The fourth-order valence-electron chi connectivity index (χ4n) is 4.89. The fraction of sp³-hybridized carbons (Fsp3) is 0.542. The quantitative estimate of drug-likeness (QED) is 0.409. The molecule has 0 amide bonds. The first-order valence-corrected chi connectivity index (χ1v) is 14.6. The van der Waals surface area contributed by atoms with Gasteiger partial charge in [0.2, 0.25) is 10.0 Å². The first-order valence-electron chi connectivity index (χ1n) is 12.3. The Bertz CT molecular complexity index is 1570.